The molecule has 0 unspecified atom stereocenters. The van der Waals surface area contributed by atoms with Gasteiger partial charge in [0.2, 0.25) is 11.8 Å². The Morgan fingerprint density at radius 3 is 2.74 bits per heavy atom. The molecule has 0 spiro atoms. The van der Waals surface area contributed by atoms with E-state index < -0.39 is 0 Å². The van der Waals surface area contributed by atoms with Crippen molar-refractivity contribution < 1.29 is 14.3 Å². The third-order valence-electron chi connectivity index (χ3n) is 7.30. The summed E-state index contributed by atoms with van der Waals surface area (Å²) in [6, 6.07) is 15.9. The number of aromatic nitrogens is 2. The van der Waals surface area contributed by atoms with Gasteiger partial charge in [0.15, 0.2) is 0 Å². The highest BCUT2D eigenvalue weighted by Crippen LogP contribution is 2.34. The topological polar surface area (TPSA) is 87.3 Å². The van der Waals surface area contributed by atoms with Crippen molar-refractivity contribution in [3.8, 4) is 5.75 Å². The number of ether oxygens (including phenoxy) is 1. The lowest BCUT2D eigenvalue weighted by atomic mass is 9.84. The monoisotopic (exact) mass is 460 g/mol. The Morgan fingerprint density at radius 1 is 1.18 bits per heavy atom. The van der Waals surface area contributed by atoms with Crippen LogP contribution in [0.3, 0.4) is 0 Å². The maximum atomic E-state index is 13.5. The standard InChI is InChI=1S/C27H32N4O3/c1-34-20-11-9-19(10-12-20)18-27(15-13-24(32)30-27)16-14-25(33)31-17-5-4-8-23(31)26-28-21-6-2-3-7-22(21)29-26/h2-3,6-7,9-12,23H,4-5,8,13-18H2,1H3,(H,28,29)(H,30,32)/t23-,27+/m1/s1. The maximum Gasteiger partial charge on any atom is 0.223 e. The molecule has 2 aromatic carbocycles. The van der Waals surface area contributed by atoms with Gasteiger partial charge in [-0.3, -0.25) is 9.59 Å². The fourth-order valence-electron chi connectivity index (χ4n) is 5.45. The van der Waals surface area contributed by atoms with E-state index in [-0.39, 0.29) is 23.4 Å². The number of nitrogens with zero attached hydrogens (tertiary/aromatic N) is 2. The Labute approximate surface area is 199 Å². The van der Waals surface area contributed by atoms with E-state index in [1.165, 1.54) is 0 Å². The van der Waals surface area contributed by atoms with Gasteiger partial charge in [-0.05, 0) is 68.4 Å². The molecule has 0 saturated carbocycles. The minimum atomic E-state index is -0.383. The number of methoxy groups -OCH3 is 1. The first-order valence-corrected chi connectivity index (χ1v) is 12.2. The van der Waals surface area contributed by atoms with Gasteiger partial charge in [-0.1, -0.05) is 24.3 Å². The van der Waals surface area contributed by atoms with Crippen LogP contribution >= 0.6 is 0 Å². The highest BCUT2D eigenvalue weighted by Gasteiger charge is 2.39. The smallest absolute Gasteiger partial charge is 0.223 e. The molecule has 34 heavy (non-hydrogen) atoms. The second-order valence-electron chi connectivity index (χ2n) is 9.59. The number of piperidine rings is 1. The fraction of sp³-hybridized carbons (Fsp3) is 0.444. The van der Waals surface area contributed by atoms with Crippen LogP contribution in [0.4, 0.5) is 0 Å². The third-order valence-corrected chi connectivity index (χ3v) is 7.30. The number of fused-ring (bicyclic) bond motifs is 1. The SMILES string of the molecule is COc1ccc(C[C@@]2(CCC(=O)N3CCCC[C@@H]3c3nc4ccccc4[nH]3)CCC(=O)N2)cc1. The van der Waals surface area contributed by atoms with Gasteiger partial charge in [0.05, 0.1) is 24.2 Å². The molecular formula is C27H32N4O3. The molecule has 0 radical (unpaired) electrons. The van der Waals surface area contributed by atoms with Gasteiger partial charge in [-0.15, -0.1) is 0 Å². The summed E-state index contributed by atoms with van der Waals surface area (Å²) in [6.45, 7) is 0.748. The number of imidazole rings is 1. The first-order chi connectivity index (χ1) is 16.5. The minimum Gasteiger partial charge on any atom is -0.497 e. The number of rotatable bonds is 7. The van der Waals surface area contributed by atoms with E-state index in [1.54, 1.807) is 7.11 Å². The number of likely N-dealkylation sites (tertiary alicyclic amines) is 1. The lowest BCUT2D eigenvalue weighted by molar-refractivity contribution is -0.136. The molecule has 7 heteroatoms. The van der Waals surface area contributed by atoms with Crippen LogP contribution in [-0.2, 0) is 16.0 Å². The zero-order valence-corrected chi connectivity index (χ0v) is 19.7. The van der Waals surface area contributed by atoms with Crippen LogP contribution in [-0.4, -0.2) is 45.9 Å². The van der Waals surface area contributed by atoms with Crippen LogP contribution in [0.15, 0.2) is 48.5 Å². The van der Waals surface area contributed by atoms with Crippen LogP contribution in [0, 0.1) is 0 Å². The van der Waals surface area contributed by atoms with Crippen LogP contribution in [0.1, 0.15) is 62.4 Å². The minimum absolute atomic E-state index is 0.0237. The molecule has 3 heterocycles. The summed E-state index contributed by atoms with van der Waals surface area (Å²) in [6.07, 6.45) is 6.02. The van der Waals surface area contributed by atoms with Crippen LogP contribution < -0.4 is 10.1 Å². The van der Waals surface area contributed by atoms with Gasteiger partial charge in [0, 0.05) is 24.9 Å². The molecule has 2 aliphatic rings. The lowest BCUT2D eigenvalue weighted by Crippen LogP contribution is -2.45. The number of aromatic amines is 1. The average molecular weight is 461 g/mol. The number of carbonyl (C=O) groups excluding carboxylic acids is 2. The summed E-state index contributed by atoms with van der Waals surface area (Å²) in [5.74, 6) is 1.89. The summed E-state index contributed by atoms with van der Waals surface area (Å²) in [5, 5.41) is 3.20. The Bertz CT molecular complexity index is 1140. The van der Waals surface area contributed by atoms with E-state index in [0.29, 0.717) is 25.7 Å². The molecule has 5 rings (SSSR count). The van der Waals surface area contributed by atoms with Crippen molar-refractivity contribution in [1.82, 2.24) is 20.2 Å². The van der Waals surface area contributed by atoms with E-state index in [4.69, 9.17) is 9.72 Å². The maximum absolute atomic E-state index is 13.5. The molecule has 2 amide bonds. The molecule has 0 bridgehead atoms. The predicted molar refractivity (Wildman–Crippen MR) is 130 cm³/mol. The highest BCUT2D eigenvalue weighted by atomic mass is 16.5. The quantitative estimate of drug-likeness (QED) is 0.550. The molecule has 0 aliphatic carbocycles. The lowest BCUT2D eigenvalue weighted by Gasteiger charge is -2.36. The summed E-state index contributed by atoms with van der Waals surface area (Å²) in [4.78, 5) is 35.9. The largest absolute Gasteiger partial charge is 0.497 e. The van der Waals surface area contributed by atoms with E-state index in [0.717, 1.165) is 60.4 Å². The van der Waals surface area contributed by atoms with Crippen LogP contribution in [0.5, 0.6) is 5.75 Å². The molecule has 178 valence electrons. The predicted octanol–water partition coefficient (Wildman–Crippen LogP) is 4.30. The van der Waals surface area contributed by atoms with Gasteiger partial charge in [-0.25, -0.2) is 4.98 Å². The zero-order chi connectivity index (χ0) is 23.5. The summed E-state index contributed by atoms with van der Waals surface area (Å²) >= 11 is 0. The number of H-pyrrole nitrogens is 1. The zero-order valence-electron chi connectivity index (χ0n) is 19.7. The second-order valence-corrected chi connectivity index (χ2v) is 9.59. The molecule has 7 nitrogen and oxygen atoms in total. The third kappa shape index (κ3) is 4.65. The summed E-state index contributed by atoms with van der Waals surface area (Å²) in [7, 11) is 1.65. The molecule has 1 aromatic heterocycles. The van der Waals surface area contributed by atoms with Gasteiger partial charge >= 0.3 is 0 Å². The van der Waals surface area contributed by atoms with Crippen molar-refractivity contribution >= 4 is 22.8 Å². The second kappa shape index (κ2) is 9.49. The number of hydrogen-bond acceptors (Lipinski definition) is 4. The van der Waals surface area contributed by atoms with Crippen LogP contribution in [0.25, 0.3) is 11.0 Å². The van der Waals surface area contributed by atoms with Gasteiger partial charge in [0.25, 0.3) is 0 Å². The average Bonchev–Trinajstić information content (AvgIpc) is 3.46. The number of para-hydroxylation sites is 2. The van der Waals surface area contributed by atoms with E-state index in [9.17, 15) is 9.59 Å². The molecule has 2 atom stereocenters. The summed E-state index contributed by atoms with van der Waals surface area (Å²) in [5.41, 5.74) is 2.69. The van der Waals surface area contributed by atoms with Crippen molar-refractivity contribution in [1.29, 1.82) is 0 Å². The number of amides is 2. The molecule has 2 saturated heterocycles. The molecule has 3 aromatic rings. The molecule has 2 N–H and O–H groups in total. The normalized spacial score (nSPS) is 22.7. The first-order valence-electron chi connectivity index (χ1n) is 12.2. The molecular weight excluding hydrogens is 428 g/mol. The summed E-state index contributed by atoms with van der Waals surface area (Å²) < 4.78 is 5.27. The van der Waals surface area contributed by atoms with Gasteiger partial charge in [0.1, 0.15) is 11.6 Å². The van der Waals surface area contributed by atoms with Gasteiger partial charge in [-0.2, -0.15) is 0 Å². The van der Waals surface area contributed by atoms with E-state index in [1.807, 2.05) is 53.4 Å². The number of benzene rings is 2. The Hall–Kier alpha value is -3.35. The highest BCUT2D eigenvalue weighted by molar-refractivity contribution is 5.81. The van der Waals surface area contributed by atoms with Crippen LogP contribution in [0.2, 0.25) is 0 Å². The van der Waals surface area contributed by atoms with Crippen molar-refractivity contribution in [2.24, 2.45) is 0 Å². The van der Waals surface area contributed by atoms with Crippen molar-refractivity contribution in [3.05, 3.63) is 59.9 Å². The van der Waals surface area contributed by atoms with E-state index >= 15 is 0 Å². The first kappa shape index (κ1) is 22.4. The van der Waals surface area contributed by atoms with Crippen molar-refractivity contribution in [2.75, 3.05) is 13.7 Å². The fourth-order valence-corrected chi connectivity index (χ4v) is 5.45. The number of hydrogen-bond donors (Lipinski definition) is 2. The molecule has 2 fully saturated rings. The Balaban J connectivity index is 1.30. The van der Waals surface area contributed by atoms with Gasteiger partial charge < -0.3 is 19.9 Å². The Kier molecular flexibility index (Phi) is 6.26. The Morgan fingerprint density at radius 2 is 2.00 bits per heavy atom. The van der Waals surface area contributed by atoms with Crippen molar-refractivity contribution in [2.45, 2.75) is 62.9 Å². The number of carbonyl (C=O) groups is 2. The number of nitrogens with one attached hydrogen (secondary N) is 2. The van der Waals surface area contributed by atoms with Crippen molar-refractivity contribution in [3.63, 3.8) is 0 Å². The molecule has 2 aliphatic heterocycles. The van der Waals surface area contributed by atoms with E-state index in [2.05, 4.69) is 10.3 Å².